The molecule has 166 valence electrons. The highest BCUT2D eigenvalue weighted by Gasteiger charge is 2.31. The molecule has 4 rings (SSSR count). The Morgan fingerprint density at radius 1 is 0.844 bits per heavy atom. The van der Waals surface area contributed by atoms with Crippen LogP contribution in [0.3, 0.4) is 0 Å². The predicted octanol–water partition coefficient (Wildman–Crippen LogP) is 4.49. The smallest absolute Gasteiger partial charge is 0.343 e. The number of esters is 1. The van der Waals surface area contributed by atoms with E-state index in [9.17, 15) is 13.2 Å². The Morgan fingerprint density at radius 2 is 1.47 bits per heavy atom. The highest BCUT2D eigenvalue weighted by atomic mass is 32.2. The molecule has 1 aliphatic rings. The summed E-state index contributed by atoms with van der Waals surface area (Å²) in [6.07, 6.45) is 1.63. The first kappa shape index (κ1) is 21.9. The van der Waals surface area contributed by atoms with Crippen LogP contribution in [0.5, 0.6) is 23.0 Å². The van der Waals surface area contributed by atoms with Gasteiger partial charge in [-0.2, -0.15) is 4.31 Å². The highest BCUT2D eigenvalue weighted by molar-refractivity contribution is 7.89. The summed E-state index contributed by atoms with van der Waals surface area (Å²) in [6, 6.07) is 20.2. The van der Waals surface area contributed by atoms with Crippen molar-refractivity contribution in [3.63, 3.8) is 0 Å². The van der Waals surface area contributed by atoms with E-state index >= 15 is 0 Å². The zero-order valence-corrected chi connectivity index (χ0v) is 18.4. The zero-order valence-electron chi connectivity index (χ0n) is 17.6. The predicted molar refractivity (Wildman–Crippen MR) is 119 cm³/mol. The lowest BCUT2D eigenvalue weighted by Crippen LogP contribution is -2.28. The number of carbonyl (C=O) groups excluding carboxylic acids is 1. The summed E-state index contributed by atoms with van der Waals surface area (Å²) in [5.41, 5.74) is 0.119. The molecule has 0 aromatic heterocycles. The number of methoxy groups -OCH3 is 1. The van der Waals surface area contributed by atoms with E-state index in [4.69, 9.17) is 14.2 Å². The van der Waals surface area contributed by atoms with Gasteiger partial charge in [-0.1, -0.05) is 18.2 Å². The van der Waals surface area contributed by atoms with Gasteiger partial charge in [0.05, 0.1) is 12.7 Å². The minimum atomic E-state index is -3.76. The first-order chi connectivity index (χ1) is 15.5. The molecule has 8 heteroatoms. The summed E-state index contributed by atoms with van der Waals surface area (Å²) in [5, 5.41) is 0. The lowest BCUT2D eigenvalue weighted by atomic mass is 10.2. The van der Waals surface area contributed by atoms with E-state index in [0.29, 0.717) is 30.3 Å². The number of carbonyl (C=O) groups is 1. The maximum absolute atomic E-state index is 13.0. The third-order valence-corrected chi connectivity index (χ3v) is 7.02. The summed E-state index contributed by atoms with van der Waals surface area (Å²) in [5.74, 6) is 1.13. The van der Waals surface area contributed by atoms with E-state index in [-0.39, 0.29) is 16.2 Å². The third kappa shape index (κ3) is 4.76. The van der Waals surface area contributed by atoms with Crippen molar-refractivity contribution in [2.24, 2.45) is 0 Å². The van der Waals surface area contributed by atoms with Crippen LogP contribution in [-0.2, 0) is 10.0 Å². The van der Waals surface area contributed by atoms with Gasteiger partial charge in [-0.05, 0) is 67.4 Å². The van der Waals surface area contributed by atoms with Crippen LogP contribution in [0.4, 0.5) is 0 Å². The minimum absolute atomic E-state index is 0.0389. The average Bonchev–Trinajstić information content (AvgIpc) is 3.37. The van der Waals surface area contributed by atoms with Gasteiger partial charge < -0.3 is 14.2 Å². The van der Waals surface area contributed by atoms with Crippen LogP contribution < -0.4 is 14.2 Å². The molecule has 3 aromatic rings. The third-order valence-electron chi connectivity index (χ3n) is 5.10. The molecule has 0 radical (unpaired) electrons. The van der Waals surface area contributed by atoms with Crippen molar-refractivity contribution in [2.75, 3.05) is 20.2 Å². The van der Waals surface area contributed by atoms with Gasteiger partial charge in [0.15, 0.2) is 0 Å². The molecule has 0 N–H and O–H groups in total. The maximum Gasteiger partial charge on any atom is 0.343 e. The second-order valence-electron chi connectivity index (χ2n) is 7.25. The Labute approximate surface area is 187 Å². The molecule has 0 unspecified atom stereocenters. The molecule has 0 bridgehead atoms. The van der Waals surface area contributed by atoms with Gasteiger partial charge in [0.2, 0.25) is 10.0 Å². The molecule has 0 amide bonds. The number of benzene rings is 3. The molecule has 1 aliphatic heterocycles. The van der Waals surface area contributed by atoms with Gasteiger partial charge >= 0.3 is 5.97 Å². The second kappa shape index (κ2) is 9.42. The molecule has 7 nitrogen and oxygen atoms in total. The van der Waals surface area contributed by atoms with E-state index in [1.54, 1.807) is 24.3 Å². The first-order valence-electron chi connectivity index (χ1n) is 10.2. The molecular formula is C24H23NO6S. The van der Waals surface area contributed by atoms with Crippen LogP contribution in [0.15, 0.2) is 77.7 Å². The maximum atomic E-state index is 13.0. The average molecular weight is 454 g/mol. The van der Waals surface area contributed by atoms with Gasteiger partial charge in [-0.3, -0.25) is 0 Å². The summed E-state index contributed by atoms with van der Waals surface area (Å²) < 4.78 is 43.8. The minimum Gasteiger partial charge on any atom is -0.495 e. The lowest BCUT2D eigenvalue weighted by molar-refractivity contribution is 0.0734. The number of nitrogens with zero attached hydrogens (tertiary/aromatic N) is 1. The Balaban J connectivity index is 1.51. The van der Waals surface area contributed by atoms with Crippen LogP contribution in [-0.4, -0.2) is 38.9 Å². The number of rotatable bonds is 7. The normalized spacial score (nSPS) is 14.2. The molecule has 0 aliphatic carbocycles. The van der Waals surface area contributed by atoms with E-state index in [1.807, 2.05) is 30.3 Å². The van der Waals surface area contributed by atoms with Crippen molar-refractivity contribution in [3.05, 3.63) is 78.4 Å². The molecule has 3 aromatic carbocycles. The number of hydrogen-bond acceptors (Lipinski definition) is 6. The zero-order chi connectivity index (χ0) is 22.6. The largest absolute Gasteiger partial charge is 0.495 e. The molecule has 32 heavy (non-hydrogen) atoms. The molecule has 0 saturated carbocycles. The number of para-hydroxylation sites is 1. The van der Waals surface area contributed by atoms with Crippen molar-refractivity contribution in [3.8, 4) is 23.0 Å². The van der Waals surface area contributed by atoms with E-state index in [2.05, 4.69) is 0 Å². The SMILES string of the molecule is COc1ccc(C(=O)Oc2ccc(Oc3ccccc3)cc2)cc1S(=O)(=O)N1CCCC1. The van der Waals surface area contributed by atoms with E-state index < -0.39 is 16.0 Å². The summed E-state index contributed by atoms with van der Waals surface area (Å²) in [6.45, 7) is 0.912. The monoisotopic (exact) mass is 453 g/mol. The number of hydrogen-bond donors (Lipinski definition) is 0. The summed E-state index contributed by atoms with van der Waals surface area (Å²) in [7, 11) is -2.36. The standard InChI is InChI=1S/C24H23NO6S/c1-29-22-14-9-18(17-23(22)32(27,28)25-15-5-6-16-25)24(26)31-21-12-10-20(11-13-21)30-19-7-3-2-4-8-19/h2-4,7-14,17H,5-6,15-16H2,1H3. The fourth-order valence-corrected chi connectivity index (χ4v) is 5.14. The first-order valence-corrected chi connectivity index (χ1v) is 11.6. The lowest BCUT2D eigenvalue weighted by Gasteiger charge is -2.18. The molecule has 0 atom stereocenters. The summed E-state index contributed by atoms with van der Waals surface area (Å²) >= 11 is 0. The molecule has 1 heterocycles. The Hall–Kier alpha value is -3.36. The van der Waals surface area contributed by atoms with E-state index in [1.165, 1.54) is 29.6 Å². The second-order valence-corrected chi connectivity index (χ2v) is 9.16. The van der Waals surface area contributed by atoms with E-state index in [0.717, 1.165) is 12.8 Å². The summed E-state index contributed by atoms with van der Waals surface area (Å²) in [4.78, 5) is 12.6. The van der Waals surface area contributed by atoms with Gasteiger partial charge in [-0.25, -0.2) is 13.2 Å². The molecule has 1 fully saturated rings. The van der Waals surface area contributed by atoms with Crippen LogP contribution in [0, 0.1) is 0 Å². The Kier molecular flexibility index (Phi) is 6.43. The fraction of sp³-hybridized carbons (Fsp3) is 0.208. The van der Waals surface area contributed by atoms with Crippen LogP contribution in [0.25, 0.3) is 0 Å². The van der Waals surface area contributed by atoms with Gasteiger partial charge in [0, 0.05) is 13.1 Å². The molecule has 0 spiro atoms. The molecule has 1 saturated heterocycles. The van der Waals surface area contributed by atoms with Crippen molar-refractivity contribution in [1.82, 2.24) is 4.31 Å². The van der Waals surface area contributed by atoms with Gasteiger partial charge in [0.1, 0.15) is 27.9 Å². The Morgan fingerprint density at radius 3 is 2.12 bits per heavy atom. The van der Waals surface area contributed by atoms with Gasteiger partial charge in [0.25, 0.3) is 0 Å². The van der Waals surface area contributed by atoms with Crippen LogP contribution >= 0.6 is 0 Å². The van der Waals surface area contributed by atoms with Crippen LogP contribution in [0.1, 0.15) is 23.2 Å². The van der Waals surface area contributed by atoms with Crippen molar-refractivity contribution < 1.29 is 27.4 Å². The Bertz CT molecular complexity index is 1190. The fourth-order valence-electron chi connectivity index (χ4n) is 3.44. The number of ether oxygens (including phenoxy) is 3. The van der Waals surface area contributed by atoms with Crippen molar-refractivity contribution in [1.29, 1.82) is 0 Å². The van der Waals surface area contributed by atoms with Gasteiger partial charge in [-0.15, -0.1) is 0 Å². The highest BCUT2D eigenvalue weighted by Crippen LogP contribution is 2.30. The van der Waals surface area contributed by atoms with Crippen molar-refractivity contribution >= 4 is 16.0 Å². The number of sulfonamides is 1. The topological polar surface area (TPSA) is 82.1 Å². The van der Waals surface area contributed by atoms with Crippen molar-refractivity contribution in [2.45, 2.75) is 17.7 Å². The molecular weight excluding hydrogens is 430 g/mol. The quantitative estimate of drug-likeness (QED) is 0.387. The van der Waals surface area contributed by atoms with Crippen LogP contribution in [0.2, 0.25) is 0 Å².